The Labute approximate surface area is 105 Å². The molecule has 0 aliphatic carbocycles. The van der Waals surface area contributed by atoms with Crippen LogP contribution in [0.4, 0.5) is 0 Å². The van der Waals surface area contributed by atoms with E-state index in [-0.39, 0.29) is 16.8 Å². The fourth-order valence-electron chi connectivity index (χ4n) is 2.15. The average molecular weight is 251 g/mol. The van der Waals surface area contributed by atoms with Crippen molar-refractivity contribution in [2.45, 2.75) is 30.7 Å². The van der Waals surface area contributed by atoms with E-state index in [2.05, 4.69) is 17.2 Å². The predicted octanol–water partition coefficient (Wildman–Crippen LogP) is 1.22. The van der Waals surface area contributed by atoms with Crippen LogP contribution < -0.4 is 11.1 Å². The summed E-state index contributed by atoms with van der Waals surface area (Å²) in [6.07, 6.45) is 5.63. The molecule has 3 N–H and O–H groups in total. The number of hydrogen-bond acceptors (Lipinski definition) is 4. The van der Waals surface area contributed by atoms with E-state index in [0.29, 0.717) is 0 Å². The van der Waals surface area contributed by atoms with Gasteiger partial charge in [0, 0.05) is 23.7 Å². The second kappa shape index (κ2) is 5.06. The zero-order valence-corrected chi connectivity index (χ0v) is 10.7. The fraction of sp³-hybridized carbons (Fsp3) is 0.500. The number of rotatable bonds is 4. The number of aromatic nitrogens is 1. The lowest BCUT2D eigenvalue weighted by molar-refractivity contribution is -0.119. The van der Waals surface area contributed by atoms with Gasteiger partial charge in [0.15, 0.2) is 0 Å². The van der Waals surface area contributed by atoms with Gasteiger partial charge in [0.1, 0.15) is 0 Å². The van der Waals surface area contributed by atoms with Crippen LogP contribution in [0.15, 0.2) is 24.5 Å². The SMILES string of the molecule is CCCC1(c2cccnc2)NC(C(N)=O)CS1. The van der Waals surface area contributed by atoms with Crippen LogP contribution in [0.2, 0.25) is 0 Å². The number of carbonyl (C=O) groups excluding carboxylic acids is 1. The highest BCUT2D eigenvalue weighted by Gasteiger charge is 2.42. The van der Waals surface area contributed by atoms with Gasteiger partial charge in [-0.15, -0.1) is 11.8 Å². The van der Waals surface area contributed by atoms with E-state index in [1.165, 1.54) is 0 Å². The molecule has 4 nitrogen and oxygen atoms in total. The molecule has 17 heavy (non-hydrogen) atoms. The van der Waals surface area contributed by atoms with Crippen molar-refractivity contribution in [1.82, 2.24) is 10.3 Å². The molecule has 2 unspecified atom stereocenters. The van der Waals surface area contributed by atoms with Crippen LogP contribution >= 0.6 is 11.8 Å². The third-order valence-electron chi connectivity index (χ3n) is 2.98. The molecule has 0 spiro atoms. The summed E-state index contributed by atoms with van der Waals surface area (Å²) >= 11 is 1.75. The number of nitrogens with two attached hydrogens (primary N) is 1. The van der Waals surface area contributed by atoms with Gasteiger partial charge in [-0.05, 0) is 12.5 Å². The summed E-state index contributed by atoms with van der Waals surface area (Å²) in [5.41, 5.74) is 6.48. The Balaban J connectivity index is 2.26. The molecule has 1 saturated heterocycles. The molecule has 1 amide bonds. The van der Waals surface area contributed by atoms with Crippen molar-refractivity contribution in [3.63, 3.8) is 0 Å². The van der Waals surface area contributed by atoms with E-state index >= 15 is 0 Å². The summed E-state index contributed by atoms with van der Waals surface area (Å²) in [7, 11) is 0. The molecule has 2 rings (SSSR count). The molecule has 0 bridgehead atoms. The maximum absolute atomic E-state index is 11.3. The minimum absolute atomic E-state index is 0.206. The van der Waals surface area contributed by atoms with Crippen LogP contribution in [-0.4, -0.2) is 22.7 Å². The number of nitrogens with zero attached hydrogens (tertiary/aromatic N) is 1. The highest BCUT2D eigenvalue weighted by molar-refractivity contribution is 8.00. The highest BCUT2D eigenvalue weighted by atomic mass is 32.2. The molecule has 1 fully saturated rings. The van der Waals surface area contributed by atoms with Crippen molar-refractivity contribution in [1.29, 1.82) is 0 Å². The first-order valence-corrected chi connectivity index (χ1v) is 6.78. The Morgan fingerprint density at radius 2 is 2.59 bits per heavy atom. The number of hydrogen-bond donors (Lipinski definition) is 2. The normalized spacial score (nSPS) is 28.2. The van der Waals surface area contributed by atoms with Crippen LogP contribution in [-0.2, 0) is 9.67 Å². The van der Waals surface area contributed by atoms with E-state index in [4.69, 9.17) is 5.73 Å². The van der Waals surface area contributed by atoms with Gasteiger partial charge in [-0.3, -0.25) is 15.1 Å². The Morgan fingerprint density at radius 3 is 3.12 bits per heavy atom. The van der Waals surface area contributed by atoms with Gasteiger partial charge in [0.05, 0.1) is 10.9 Å². The molecular formula is C12H17N3OS. The van der Waals surface area contributed by atoms with Gasteiger partial charge in [0.2, 0.25) is 5.91 Å². The minimum atomic E-state index is -0.278. The first kappa shape index (κ1) is 12.4. The van der Waals surface area contributed by atoms with Crippen LogP contribution in [0, 0.1) is 0 Å². The molecule has 0 aromatic carbocycles. The van der Waals surface area contributed by atoms with Crippen molar-refractivity contribution < 1.29 is 4.79 Å². The fourth-order valence-corrected chi connectivity index (χ4v) is 3.71. The molecule has 92 valence electrons. The van der Waals surface area contributed by atoms with Crippen molar-refractivity contribution in [3.05, 3.63) is 30.1 Å². The molecular weight excluding hydrogens is 234 g/mol. The van der Waals surface area contributed by atoms with Gasteiger partial charge >= 0.3 is 0 Å². The third kappa shape index (κ3) is 2.45. The molecule has 1 aromatic heterocycles. The Morgan fingerprint density at radius 1 is 1.76 bits per heavy atom. The smallest absolute Gasteiger partial charge is 0.235 e. The van der Waals surface area contributed by atoms with Gasteiger partial charge < -0.3 is 5.73 Å². The van der Waals surface area contributed by atoms with E-state index < -0.39 is 0 Å². The molecule has 0 radical (unpaired) electrons. The second-order valence-electron chi connectivity index (χ2n) is 4.23. The lowest BCUT2D eigenvalue weighted by atomic mass is 10.0. The van der Waals surface area contributed by atoms with Crippen molar-refractivity contribution in [2.24, 2.45) is 5.73 Å². The van der Waals surface area contributed by atoms with E-state index in [9.17, 15) is 4.79 Å². The number of amides is 1. The number of carbonyl (C=O) groups is 1. The second-order valence-corrected chi connectivity index (χ2v) is 5.55. The quantitative estimate of drug-likeness (QED) is 0.844. The van der Waals surface area contributed by atoms with E-state index in [1.807, 2.05) is 18.3 Å². The van der Waals surface area contributed by atoms with Gasteiger partial charge in [0.25, 0.3) is 0 Å². The number of thioether (sulfide) groups is 1. The molecule has 2 heterocycles. The average Bonchev–Trinajstić information content (AvgIpc) is 2.77. The summed E-state index contributed by atoms with van der Waals surface area (Å²) < 4.78 is 0. The standard InChI is InChI=1S/C12H17N3OS/c1-2-5-12(9-4-3-6-14-7-9)15-10(8-17-12)11(13)16/h3-4,6-7,10,15H,2,5,8H2,1H3,(H2,13,16). The molecule has 1 aliphatic heterocycles. The van der Waals surface area contributed by atoms with E-state index in [0.717, 1.165) is 24.2 Å². The Kier molecular flexibility index (Phi) is 3.69. The monoisotopic (exact) mass is 251 g/mol. The highest BCUT2D eigenvalue weighted by Crippen LogP contribution is 2.42. The minimum Gasteiger partial charge on any atom is -0.368 e. The zero-order valence-electron chi connectivity index (χ0n) is 9.85. The zero-order chi connectivity index (χ0) is 12.3. The first-order chi connectivity index (χ1) is 8.18. The maximum Gasteiger partial charge on any atom is 0.235 e. The lowest BCUT2D eigenvalue weighted by Gasteiger charge is -2.29. The summed E-state index contributed by atoms with van der Waals surface area (Å²) in [6.45, 7) is 2.14. The van der Waals surface area contributed by atoms with Crippen molar-refractivity contribution in [2.75, 3.05) is 5.75 Å². The Hall–Kier alpha value is -1.07. The predicted molar refractivity (Wildman–Crippen MR) is 69.4 cm³/mol. The Bertz CT molecular complexity index is 398. The summed E-state index contributed by atoms with van der Waals surface area (Å²) in [5, 5.41) is 3.37. The summed E-state index contributed by atoms with van der Waals surface area (Å²) in [6, 6.07) is 3.73. The third-order valence-corrected chi connectivity index (χ3v) is 4.53. The van der Waals surface area contributed by atoms with Crippen LogP contribution in [0.1, 0.15) is 25.3 Å². The van der Waals surface area contributed by atoms with E-state index in [1.54, 1.807) is 18.0 Å². The largest absolute Gasteiger partial charge is 0.368 e. The van der Waals surface area contributed by atoms with Gasteiger partial charge in [-0.25, -0.2) is 0 Å². The van der Waals surface area contributed by atoms with Crippen LogP contribution in [0.3, 0.4) is 0 Å². The topological polar surface area (TPSA) is 68.0 Å². The molecule has 5 heteroatoms. The maximum atomic E-state index is 11.3. The van der Waals surface area contributed by atoms with Crippen molar-refractivity contribution in [3.8, 4) is 0 Å². The molecule has 0 saturated carbocycles. The summed E-state index contributed by atoms with van der Waals surface area (Å²) in [5.74, 6) is 0.448. The van der Waals surface area contributed by atoms with Crippen LogP contribution in [0.25, 0.3) is 0 Å². The van der Waals surface area contributed by atoms with Gasteiger partial charge in [-0.2, -0.15) is 0 Å². The number of primary amides is 1. The lowest BCUT2D eigenvalue weighted by Crippen LogP contribution is -2.45. The molecule has 1 aliphatic rings. The molecule has 2 atom stereocenters. The van der Waals surface area contributed by atoms with Crippen LogP contribution in [0.5, 0.6) is 0 Å². The first-order valence-electron chi connectivity index (χ1n) is 5.79. The number of nitrogens with one attached hydrogen (secondary N) is 1. The van der Waals surface area contributed by atoms with Crippen molar-refractivity contribution >= 4 is 17.7 Å². The summed E-state index contributed by atoms with van der Waals surface area (Å²) in [4.78, 5) is 15.2. The number of pyridine rings is 1. The molecule has 1 aromatic rings. The van der Waals surface area contributed by atoms with Gasteiger partial charge in [-0.1, -0.05) is 19.4 Å².